The van der Waals surface area contributed by atoms with E-state index >= 15 is 0 Å². The molecule has 0 spiro atoms. The second-order valence-corrected chi connectivity index (χ2v) is 8.01. The van der Waals surface area contributed by atoms with Crippen LogP contribution in [0.5, 0.6) is 0 Å². The molecule has 0 bridgehead atoms. The highest BCUT2D eigenvalue weighted by atomic mass is 35.5. The quantitative estimate of drug-likeness (QED) is 0.389. The van der Waals surface area contributed by atoms with Gasteiger partial charge < -0.3 is 4.57 Å². The largest absolute Gasteiger partial charge is 0.312 e. The first kappa shape index (κ1) is 21.2. The summed E-state index contributed by atoms with van der Waals surface area (Å²) in [6.45, 7) is 5.11. The van der Waals surface area contributed by atoms with Gasteiger partial charge in [0.25, 0.3) is 0 Å². The molecule has 0 aliphatic heterocycles. The molecule has 0 atom stereocenters. The van der Waals surface area contributed by atoms with Crippen LogP contribution in [0.1, 0.15) is 56.7 Å². The number of tetrazole rings is 1. The molecule has 3 aromatic heterocycles. The van der Waals surface area contributed by atoms with E-state index < -0.39 is 0 Å². The number of H-pyrrole nitrogens is 1. The van der Waals surface area contributed by atoms with Gasteiger partial charge in [0.2, 0.25) is 0 Å². The zero-order valence-electron chi connectivity index (χ0n) is 17.9. The molecule has 9 heteroatoms. The molecule has 4 rings (SSSR count). The Balaban J connectivity index is 1.55. The van der Waals surface area contributed by atoms with Crippen LogP contribution in [-0.4, -0.2) is 40.0 Å². The van der Waals surface area contributed by atoms with E-state index in [1.165, 1.54) is 5.56 Å². The highest BCUT2D eigenvalue weighted by Crippen LogP contribution is 2.29. The fourth-order valence-electron chi connectivity index (χ4n) is 3.56. The van der Waals surface area contributed by atoms with E-state index in [-0.39, 0.29) is 0 Å². The number of benzene rings is 1. The van der Waals surface area contributed by atoms with Crippen molar-refractivity contribution in [3.05, 3.63) is 58.8 Å². The van der Waals surface area contributed by atoms with Gasteiger partial charge in [-0.05, 0) is 47.0 Å². The first-order chi connectivity index (χ1) is 15.2. The molecular formula is C22H27ClN8. The topological polar surface area (TPSA) is 90.1 Å². The molecule has 162 valence electrons. The van der Waals surface area contributed by atoms with Crippen LogP contribution >= 0.6 is 11.6 Å². The van der Waals surface area contributed by atoms with Gasteiger partial charge in [0.05, 0.1) is 11.6 Å². The molecule has 4 aromatic rings. The number of hydrogen-bond acceptors (Lipinski definition) is 5. The Kier molecular flexibility index (Phi) is 6.76. The van der Waals surface area contributed by atoms with Crippen molar-refractivity contribution in [3.63, 3.8) is 0 Å². The molecule has 0 radical (unpaired) electrons. The fourth-order valence-corrected chi connectivity index (χ4v) is 3.80. The minimum absolute atomic E-state index is 0.530. The molecule has 0 saturated carbocycles. The Morgan fingerprint density at radius 1 is 1.00 bits per heavy atom. The lowest BCUT2D eigenvalue weighted by molar-refractivity contribution is 0.612. The van der Waals surface area contributed by atoms with Crippen molar-refractivity contribution < 1.29 is 0 Å². The average molecular weight is 439 g/mol. The molecule has 31 heavy (non-hydrogen) atoms. The number of rotatable bonds is 10. The molecule has 1 aromatic carbocycles. The van der Waals surface area contributed by atoms with Crippen LogP contribution in [-0.2, 0) is 19.4 Å². The molecule has 0 aliphatic carbocycles. The zero-order valence-corrected chi connectivity index (χ0v) is 18.7. The van der Waals surface area contributed by atoms with Crippen molar-refractivity contribution >= 4 is 11.6 Å². The van der Waals surface area contributed by atoms with Crippen molar-refractivity contribution in [2.45, 2.75) is 58.9 Å². The number of nitrogens with one attached hydrogen (secondary N) is 1. The summed E-state index contributed by atoms with van der Waals surface area (Å²) in [5.41, 5.74) is 2.89. The van der Waals surface area contributed by atoms with Crippen LogP contribution in [0.25, 0.3) is 17.2 Å². The smallest absolute Gasteiger partial charge is 0.197 e. The van der Waals surface area contributed by atoms with E-state index in [9.17, 15) is 0 Å². The molecule has 0 aliphatic rings. The van der Waals surface area contributed by atoms with E-state index in [0.717, 1.165) is 61.6 Å². The van der Waals surface area contributed by atoms with E-state index in [1.807, 2.05) is 16.8 Å². The van der Waals surface area contributed by atoms with Crippen LogP contribution < -0.4 is 0 Å². The van der Waals surface area contributed by atoms with Gasteiger partial charge in [0.1, 0.15) is 11.5 Å². The fraction of sp³-hybridized carbons (Fsp3) is 0.409. The summed E-state index contributed by atoms with van der Waals surface area (Å²) in [6, 6.07) is 10.2. The summed E-state index contributed by atoms with van der Waals surface area (Å²) in [5.74, 6) is 2.56. The second-order valence-electron chi connectivity index (χ2n) is 7.61. The third-order valence-corrected chi connectivity index (χ3v) is 5.56. The molecule has 0 saturated heterocycles. The predicted octanol–water partition coefficient (Wildman–Crippen LogP) is 4.64. The number of halogens is 1. The van der Waals surface area contributed by atoms with Gasteiger partial charge in [-0.3, -0.25) is 0 Å². The normalized spacial score (nSPS) is 11.3. The van der Waals surface area contributed by atoms with E-state index in [4.69, 9.17) is 21.7 Å². The van der Waals surface area contributed by atoms with Crippen molar-refractivity contribution in [3.8, 4) is 17.2 Å². The SMILES string of the molecule is CCCCc1nc(CCCC)n(Cc2ccc(-n3ccc(Cl)c3-c3nnn[nH]3)cc2)n1. The summed E-state index contributed by atoms with van der Waals surface area (Å²) in [4.78, 5) is 4.80. The highest BCUT2D eigenvalue weighted by molar-refractivity contribution is 6.33. The third kappa shape index (κ3) is 4.85. The average Bonchev–Trinajstić information content (AvgIpc) is 3.52. The third-order valence-electron chi connectivity index (χ3n) is 5.25. The first-order valence-electron chi connectivity index (χ1n) is 10.8. The Bertz CT molecular complexity index is 1100. The minimum atomic E-state index is 0.530. The Morgan fingerprint density at radius 2 is 1.77 bits per heavy atom. The lowest BCUT2D eigenvalue weighted by atomic mass is 10.2. The lowest BCUT2D eigenvalue weighted by Gasteiger charge is -2.10. The van der Waals surface area contributed by atoms with Crippen molar-refractivity contribution in [1.29, 1.82) is 0 Å². The standard InChI is InChI=1S/C22H27ClN8/c1-3-5-7-19-24-20(8-6-4-2)31(27-19)15-16-9-11-17(12-10-16)30-14-13-18(23)21(30)22-25-28-29-26-22/h9-14H,3-8,15H2,1-2H3,(H,25,26,28,29). The van der Waals surface area contributed by atoms with Crippen LogP contribution in [0, 0.1) is 0 Å². The van der Waals surface area contributed by atoms with Crippen LogP contribution in [0.4, 0.5) is 0 Å². The maximum absolute atomic E-state index is 6.37. The van der Waals surface area contributed by atoms with Crippen LogP contribution in [0.2, 0.25) is 5.02 Å². The summed E-state index contributed by atoms with van der Waals surface area (Å²) >= 11 is 6.37. The minimum Gasteiger partial charge on any atom is -0.312 e. The second kappa shape index (κ2) is 9.87. The summed E-state index contributed by atoms with van der Waals surface area (Å²) < 4.78 is 4.03. The monoisotopic (exact) mass is 438 g/mol. The first-order valence-corrected chi connectivity index (χ1v) is 11.2. The molecule has 0 unspecified atom stereocenters. The predicted molar refractivity (Wildman–Crippen MR) is 120 cm³/mol. The van der Waals surface area contributed by atoms with E-state index in [0.29, 0.717) is 17.4 Å². The zero-order chi connectivity index (χ0) is 21.6. The van der Waals surface area contributed by atoms with Crippen molar-refractivity contribution in [1.82, 2.24) is 40.0 Å². The van der Waals surface area contributed by atoms with Gasteiger partial charge in [-0.25, -0.2) is 14.8 Å². The Labute approximate surface area is 186 Å². The Morgan fingerprint density at radius 3 is 2.48 bits per heavy atom. The van der Waals surface area contributed by atoms with Gasteiger partial charge in [-0.2, -0.15) is 5.10 Å². The van der Waals surface area contributed by atoms with Gasteiger partial charge in [0, 0.05) is 24.7 Å². The maximum Gasteiger partial charge on any atom is 0.197 e. The number of aromatic amines is 1. The number of nitrogens with zero attached hydrogens (tertiary/aromatic N) is 7. The molecule has 1 N–H and O–H groups in total. The molecule has 3 heterocycles. The van der Waals surface area contributed by atoms with Crippen molar-refractivity contribution in [2.24, 2.45) is 0 Å². The molecule has 8 nitrogen and oxygen atoms in total. The number of unbranched alkanes of at least 4 members (excludes halogenated alkanes) is 2. The number of aryl methyl sites for hydroxylation is 2. The van der Waals surface area contributed by atoms with Gasteiger partial charge in [-0.1, -0.05) is 50.4 Å². The van der Waals surface area contributed by atoms with Gasteiger partial charge in [0.15, 0.2) is 11.6 Å². The van der Waals surface area contributed by atoms with Gasteiger partial charge >= 0.3 is 0 Å². The number of aromatic nitrogens is 8. The molecular weight excluding hydrogens is 412 g/mol. The van der Waals surface area contributed by atoms with Crippen LogP contribution in [0.15, 0.2) is 36.5 Å². The molecule has 0 fully saturated rings. The van der Waals surface area contributed by atoms with E-state index in [2.05, 4.69) is 63.4 Å². The molecule has 0 amide bonds. The Hall–Kier alpha value is -3.00. The highest BCUT2D eigenvalue weighted by Gasteiger charge is 2.15. The van der Waals surface area contributed by atoms with Crippen LogP contribution in [0.3, 0.4) is 0 Å². The lowest BCUT2D eigenvalue weighted by Crippen LogP contribution is -2.07. The summed E-state index contributed by atoms with van der Waals surface area (Å²) in [5, 5.41) is 19.5. The number of hydrogen-bond donors (Lipinski definition) is 1. The summed E-state index contributed by atoms with van der Waals surface area (Å²) in [7, 11) is 0. The van der Waals surface area contributed by atoms with E-state index in [1.54, 1.807) is 0 Å². The summed E-state index contributed by atoms with van der Waals surface area (Å²) in [6.07, 6.45) is 8.35. The van der Waals surface area contributed by atoms with Gasteiger partial charge in [-0.15, -0.1) is 5.10 Å². The van der Waals surface area contributed by atoms with Crippen molar-refractivity contribution in [2.75, 3.05) is 0 Å². The maximum atomic E-state index is 6.37.